The Balaban J connectivity index is 1.79. The summed E-state index contributed by atoms with van der Waals surface area (Å²) in [6, 6.07) is 10.5. The van der Waals surface area contributed by atoms with Crippen LogP contribution in [-0.4, -0.2) is 9.97 Å². The van der Waals surface area contributed by atoms with Crippen molar-refractivity contribution in [3.63, 3.8) is 0 Å². The molecule has 2 nitrogen and oxygen atoms in total. The number of pyridine rings is 1. The van der Waals surface area contributed by atoms with Gasteiger partial charge in [-0.05, 0) is 49.4 Å². The maximum absolute atomic E-state index is 4.91. The van der Waals surface area contributed by atoms with E-state index in [4.69, 9.17) is 4.98 Å². The van der Waals surface area contributed by atoms with E-state index in [1.807, 2.05) is 12.4 Å². The van der Waals surface area contributed by atoms with Crippen molar-refractivity contribution < 1.29 is 0 Å². The molecule has 1 aliphatic rings. The Bertz CT molecular complexity index is 819. The van der Waals surface area contributed by atoms with Gasteiger partial charge in [0.2, 0.25) is 0 Å². The van der Waals surface area contributed by atoms with Gasteiger partial charge in [0, 0.05) is 32.9 Å². The molecule has 0 bridgehead atoms. The van der Waals surface area contributed by atoms with E-state index in [1.165, 1.54) is 34.4 Å². The summed E-state index contributed by atoms with van der Waals surface area (Å²) in [5.41, 5.74) is 4.87. The molecular weight excluding hydrogens is 356 g/mol. The van der Waals surface area contributed by atoms with E-state index in [-0.39, 0.29) is 0 Å². The average Bonchev–Trinajstić information content (AvgIpc) is 3.31. The van der Waals surface area contributed by atoms with Crippen LogP contribution in [0.4, 0.5) is 0 Å². The average molecular weight is 371 g/mol. The van der Waals surface area contributed by atoms with Gasteiger partial charge >= 0.3 is 0 Å². The maximum atomic E-state index is 4.91. The Morgan fingerprint density at radius 3 is 2.64 bits per heavy atom. The summed E-state index contributed by atoms with van der Waals surface area (Å²) in [5.74, 6) is 0.707. The molecule has 3 aromatic rings. The summed E-state index contributed by atoms with van der Waals surface area (Å²) in [6.07, 6.45) is 6.45. The fraction of sp³-hybridized carbons (Fsp3) is 0.222. The van der Waals surface area contributed by atoms with Gasteiger partial charge in [0.05, 0.1) is 5.69 Å². The molecule has 2 heterocycles. The van der Waals surface area contributed by atoms with Crippen molar-refractivity contribution in [3.8, 4) is 21.8 Å². The second-order valence-corrected chi connectivity index (χ2v) is 7.79. The highest BCUT2D eigenvalue weighted by atomic mass is 79.9. The maximum Gasteiger partial charge on any atom is 0.126 e. The second-order valence-electron chi connectivity index (χ2n) is 5.67. The van der Waals surface area contributed by atoms with Gasteiger partial charge in [-0.2, -0.15) is 0 Å². The number of thiazole rings is 1. The van der Waals surface area contributed by atoms with Crippen LogP contribution >= 0.6 is 27.3 Å². The van der Waals surface area contributed by atoms with Crippen molar-refractivity contribution in [2.24, 2.45) is 0 Å². The third-order valence-corrected chi connectivity index (χ3v) is 5.55. The molecule has 0 spiro atoms. The Kier molecular flexibility index (Phi) is 3.59. The van der Waals surface area contributed by atoms with Crippen LogP contribution in [0.3, 0.4) is 0 Å². The third-order valence-electron chi connectivity index (χ3n) is 4.02. The van der Waals surface area contributed by atoms with Crippen LogP contribution in [0.5, 0.6) is 0 Å². The quantitative estimate of drug-likeness (QED) is 0.580. The topological polar surface area (TPSA) is 25.8 Å². The lowest BCUT2D eigenvalue weighted by molar-refractivity contribution is 1.11. The van der Waals surface area contributed by atoms with Crippen molar-refractivity contribution in [1.29, 1.82) is 0 Å². The molecule has 4 heteroatoms. The number of hydrogen-bond donors (Lipinski definition) is 0. The van der Waals surface area contributed by atoms with E-state index >= 15 is 0 Å². The van der Waals surface area contributed by atoms with E-state index in [9.17, 15) is 0 Å². The number of hydrogen-bond acceptors (Lipinski definition) is 3. The zero-order chi connectivity index (χ0) is 15.1. The summed E-state index contributed by atoms with van der Waals surface area (Å²) in [6.45, 7) is 2.14. The molecule has 0 unspecified atom stereocenters. The fourth-order valence-corrected chi connectivity index (χ4v) is 3.95. The molecule has 22 heavy (non-hydrogen) atoms. The summed E-state index contributed by atoms with van der Waals surface area (Å²) in [5, 5.41) is 1.09. The number of halogens is 1. The van der Waals surface area contributed by atoms with Crippen LogP contribution in [0.2, 0.25) is 0 Å². The SMILES string of the molecule is Cc1sc(-c2cnccc2C2CC2)nc1-c1ccc(Br)cc1. The summed E-state index contributed by atoms with van der Waals surface area (Å²) < 4.78 is 1.09. The number of aromatic nitrogens is 2. The van der Waals surface area contributed by atoms with Gasteiger partial charge in [-0.1, -0.05) is 28.1 Å². The van der Waals surface area contributed by atoms with Crippen molar-refractivity contribution in [2.75, 3.05) is 0 Å². The van der Waals surface area contributed by atoms with Gasteiger partial charge in [0.25, 0.3) is 0 Å². The van der Waals surface area contributed by atoms with Gasteiger partial charge in [-0.25, -0.2) is 4.98 Å². The second kappa shape index (κ2) is 5.60. The fourth-order valence-electron chi connectivity index (χ4n) is 2.72. The van der Waals surface area contributed by atoms with Gasteiger partial charge < -0.3 is 0 Å². The molecule has 1 aromatic carbocycles. The molecule has 0 radical (unpaired) electrons. The molecule has 1 fully saturated rings. The number of rotatable bonds is 3. The first kappa shape index (κ1) is 14.1. The first-order chi connectivity index (χ1) is 10.7. The minimum absolute atomic E-state index is 0.707. The molecule has 0 atom stereocenters. The minimum atomic E-state index is 0.707. The highest BCUT2D eigenvalue weighted by Gasteiger charge is 2.27. The highest BCUT2D eigenvalue weighted by Crippen LogP contribution is 2.45. The Labute approximate surface area is 142 Å². The molecule has 2 aromatic heterocycles. The lowest BCUT2D eigenvalue weighted by Gasteiger charge is -2.04. The van der Waals surface area contributed by atoms with E-state index in [0.717, 1.165) is 15.2 Å². The predicted molar refractivity (Wildman–Crippen MR) is 95.2 cm³/mol. The smallest absolute Gasteiger partial charge is 0.126 e. The van der Waals surface area contributed by atoms with Gasteiger partial charge in [0.15, 0.2) is 0 Å². The zero-order valence-corrected chi connectivity index (χ0v) is 14.6. The molecule has 0 aliphatic heterocycles. The van der Waals surface area contributed by atoms with Crippen molar-refractivity contribution in [1.82, 2.24) is 9.97 Å². The van der Waals surface area contributed by atoms with E-state index < -0.39 is 0 Å². The monoisotopic (exact) mass is 370 g/mol. The van der Waals surface area contributed by atoms with Crippen LogP contribution < -0.4 is 0 Å². The first-order valence-electron chi connectivity index (χ1n) is 7.40. The van der Waals surface area contributed by atoms with Crippen LogP contribution in [0.1, 0.15) is 29.2 Å². The van der Waals surface area contributed by atoms with Gasteiger partial charge in [0.1, 0.15) is 5.01 Å². The van der Waals surface area contributed by atoms with Crippen molar-refractivity contribution >= 4 is 27.3 Å². The Hall–Kier alpha value is -1.52. The molecule has 0 N–H and O–H groups in total. The number of benzene rings is 1. The van der Waals surface area contributed by atoms with E-state index in [0.29, 0.717) is 5.92 Å². The van der Waals surface area contributed by atoms with Crippen LogP contribution in [-0.2, 0) is 0 Å². The number of aryl methyl sites for hydroxylation is 1. The molecule has 110 valence electrons. The third kappa shape index (κ3) is 2.61. The molecular formula is C18H15BrN2S. The molecule has 0 amide bonds. The van der Waals surface area contributed by atoms with E-state index in [2.05, 4.69) is 58.2 Å². The predicted octanol–water partition coefficient (Wildman–Crippen LogP) is 5.82. The normalized spacial score (nSPS) is 14.3. The molecule has 0 saturated heterocycles. The van der Waals surface area contributed by atoms with Crippen LogP contribution in [0, 0.1) is 6.92 Å². The summed E-state index contributed by atoms with van der Waals surface area (Å²) in [4.78, 5) is 10.5. The Morgan fingerprint density at radius 1 is 1.14 bits per heavy atom. The number of nitrogens with zero attached hydrogens (tertiary/aromatic N) is 2. The molecule has 1 aliphatic carbocycles. The molecule has 1 saturated carbocycles. The van der Waals surface area contributed by atoms with Crippen LogP contribution in [0.15, 0.2) is 47.2 Å². The van der Waals surface area contributed by atoms with Crippen LogP contribution in [0.25, 0.3) is 21.8 Å². The Morgan fingerprint density at radius 2 is 1.91 bits per heavy atom. The minimum Gasteiger partial charge on any atom is -0.264 e. The molecule has 4 rings (SSSR count). The van der Waals surface area contributed by atoms with Gasteiger partial charge in [-0.15, -0.1) is 11.3 Å². The largest absolute Gasteiger partial charge is 0.264 e. The zero-order valence-electron chi connectivity index (χ0n) is 12.2. The highest BCUT2D eigenvalue weighted by molar-refractivity contribution is 9.10. The van der Waals surface area contributed by atoms with Crippen molar-refractivity contribution in [3.05, 3.63) is 57.6 Å². The summed E-state index contributed by atoms with van der Waals surface area (Å²) >= 11 is 5.25. The standard InChI is InChI=1S/C18H15BrN2S/c1-11-17(13-4-6-14(19)7-5-13)21-18(22-11)16-10-20-9-8-15(16)12-2-3-12/h4-10,12H,2-3H2,1H3. The van der Waals surface area contributed by atoms with Crippen molar-refractivity contribution in [2.45, 2.75) is 25.7 Å². The first-order valence-corrected chi connectivity index (χ1v) is 9.01. The lowest BCUT2D eigenvalue weighted by Crippen LogP contribution is -1.88. The summed E-state index contributed by atoms with van der Waals surface area (Å²) in [7, 11) is 0. The van der Waals surface area contributed by atoms with E-state index in [1.54, 1.807) is 11.3 Å². The lowest BCUT2D eigenvalue weighted by atomic mass is 10.1. The van der Waals surface area contributed by atoms with Gasteiger partial charge in [-0.3, -0.25) is 4.98 Å².